The van der Waals surface area contributed by atoms with Crippen LogP contribution in [0.2, 0.25) is 0 Å². The van der Waals surface area contributed by atoms with Crippen LogP contribution in [-0.2, 0) is 10.8 Å². The van der Waals surface area contributed by atoms with Gasteiger partial charge in [0.15, 0.2) is 0 Å². The summed E-state index contributed by atoms with van der Waals surface area (Å²) in [7, 11) is 0. The highest BCUT2D eigenvalue weighted by Gasteiger charge is 2.38. The molecule has 0 aliphatic carbocycles. The normalized spacial score (nSPS) is 15.6. The van der Waals surface area contributed by atoms with Crippen molar-refractivity contribution in [2.24, 2.45) is 0 Å². The van der Waals surface area contributed by atoms with Crippen LogP contribution >= 0.6 is 0 Å². The fourth-order valence-electron chi connectivity index (χ4n) is 8.77. The first kappa shape index (κ1) is 28.2. The summed E-state index contributed by atoms with van der Waals surface area (Å²) in [6.07, 6.45) is 0. The number of anilines is 6. The molecule has 0 fully saturated rings. The molecule has 0 spiro atoms. The Bertz CT molecular complexity index is 2540. The summed E-state index contributed by atoms with van der Waals surface area (Å²) in [6, 6.07) is 53.1. The highest BCUT2D eigenvalue weighted by molar-refractivity contribution is 6.18. The molecule has 10 rings (SSSR count). The van der Waals surface area contributed by atoms with Gasteiger partial charge in [-0.3, -0.25) is 0 Å². The van der Waals surface area contributed by atoms with Crippen molar-refractivity contribution in [2.75, 3.05) is 9.80 Å². The number of furan rings is 1. The van der Waals surface area contributed by atoms with Crippen LogP contribution in [0.3, 0.4) is 0 Å². The molecule has 0 saturated heterocycles. The second-order valence-corrected chi connectivity index (χ2v) is 14.6. The van der Waals surface area contributed by atoms with Crippen molar-refractivity contribution in [2.45, 2.75) is 38.5 Å². The lowest BCUT2D eigenvalue weighted by molar-refractivity contribution is 0.632. The van der Waals surface area contributed by atoms with Crippen LogP contribution in [0.5, 0.6) is 0 Å². The Labute approximate surface area is 286 Å². The SMILES string of the molecule is CC1(C)c2ccccc2N(c2ccc3oc4c5cccc(N6c7ccccc7C(C)(C)c7ccccc76)c5ccc4c3c2)c2ccccc21. The first-order valence-electron chi connectivity index (χ1n) is 17.2. The van der Waals surface area contributed by atoms with Gasteiger partial charge in [0, 0.05) is 38.1 Å². The fourth-order valence-corrected chi connectivity index (χ4v) is 8.77. The van der Waals surface area contributed by atoms with E-state index in [9.17, 15) is 0 Å². The number of benzene rings is 7. The second kappa shape index (κ2) is 9.87. The summed E-state index contributed by atoms with van der Waals surface area (Å²) in [5.74, 6) is 0. The quantitative estimate of drug-likeness (QED) is 0.189. The van der Waals surface area contributed by atoms with Crippen molar-refractivity contribution in [1.82, 2.24) is 0 Å². The molecule has 7 aromatic carbocycles. The highest BCUT2D eigenvalue weighted by atomic mass is 16.3. The fraction of sp³-hybridized carbons (Fsp3) is 0.130. The van der Waals surface area contributed by atoms with Gasteiger partial charge in [0.1, 0.15) is 11.2 Å². The Hall–Kier alpha value is -5.80. The molecule has 0 bridgehead atoms. The molecule has 236 valence electrons. The van der Waals surface area contributed by atoms with Gasteiger partial charge < -0.3 is 14.2 Å². The van der Waals surface area contributed by atoms with E-state index in [0.717, 1.165) is 38.7 Å². The maximum Gasteiger partial charge on any atom is 0.143 e. The predicted molar refractivity (Wildman–Crippen MR) is 205 cm³/mol. The molecule has 3 heteroatoms. The summed E-state index contributed by atoms with van der Waals surface area (Å²) in [4.78, 5) is 4.86. The molecule has 8 aromatic rings. The van der Waals surface area contributed by atoms with Crippen LogP contribution in [0.1, 0.15) is 49.9 Å². The summed E-state index contributed by atoms with van der Waals surface area (Å²) in [5, 5.41) is 4.53. The van der Waals surface area contributed by atoms with Crippen molar-refractivity contribution in [3.8, 4) is 0 Å². The maximum absolute atomic E-state index is 6.76. The summed E-state index contributed by atoms with van der Waals surface area (Å²) in [5.41, 5.74) is 14.1. The average molecular weight is 633 g/mol. The molecule has 2 aliphatic heterocycles. The Morgan fingerprint density at radius 1 is 0.388 bits per heavy atom. The smallest absolute Gasteiger partial charge is 0.143 e. The maximum atomic E-state index is 6.76. The van der Waals surface area contributed by atoms with Gasteiger partial charge in [-0.2, -0.15) is 0 Å². The first-order valence-corrected chi connectivity index (χ1v) is 17.2. The molecule has 0 unspecified atom stereocenters. The second-order valence-electron chi connectivity index (χ2n) is 14.6. The van der Waals surface area contributed by atoms with Crippen molar-refractivity contribution in [1.29, 1.82) is 0 Å². The third-order valence-corrected chi connectivity index (χ3v) is 11.2. The van der Waals surface area contributed by atoms with E-state index in [2.05, 4.69) is 183 Å². The standard InChI is InChI=1S/C46H36N2O/c1-45(2)34-15-5-9-19-39(34)47(40-20-10-6-16-35(40)45)29-24-27-43-33(28-29)32-26-25-30-31(44(32)49-43)14-13-23-38(30)48-41-21-11-7-17-36(41)46(3,4)37-18-8-12-22-42(37)48/h5-28H,1-4H3. The van der Waals surface area contributed by atoms with Gasteiger partial charge in [0.05, 0.1) is 28.4 Å². The minimum Gasteiger partial charge on any atom is -0.455 e. The molecule has 3 heterocycles. The Kier molecular flexibility index (Phi) is 5.69. The largest absolute Gasteiger partial charge is 0.455 e. The van der Waals surface area contributed by atoms with E-state index in [1.807, 2.05) is 0 Å². The number of rotatable bonds is 2. The van der Waals surface area contributed by atoms with Crippen LogP contribution in [0.25, 0.3) is 32.7 Å². The van der Waals surface area contributed by atoms with Gasteiger partial charge in [0.25, 0.3) is 0 Å². The van der Waals surface area contributed by atoms with Gasteiger partial charge in [0.2, 0.25) is 0 Å². The molecule has 0 radical (unpaired) electrons. The summed E-state index contributed by atoms with van der Waals surface area (Å²) < 4.78 is 6.76. The van der Waals surface area contributed by atoms with Crippen molar-refractivity contribution >= 4 is 66.8 Å². The number of fused-ring (bicyclic) bond motifs is 9. The van der Waals surface area contributed by atoms with E-state index in [-0.39, 0.29) is 10.8 Å². The number of nitrogens with zero attached hydrogens (tertiary/aromatic N) is 2. The third-order valence-electron chi connectivity index (χ3n) is 11.2. The van der Waals surface area contributed by atoms with E-state index in [4.69, 9.17) is 4.42 Å². The number of hydrogen-bond acceptors (Lipinski definition) is 3. The lowest BCUT2D eigenvalue weighted by Crippen LogP contribution is -2.30. The van der Waals surface area contributed by atoms with Crippen molar-refractivity contribution in [3.05, 3.63) is 168 Å². The molecule has 0 amide bonds. The molecule has 0 N–H and O–H groups in total. The lowest BCUT2D eigenvalue weighted by Gasteiger charge is -2.42. The molecule has 0 atom stereocenters. The minimum absolute atomic E-state index is 0.0993. The van der Waals surface area contributed by atoms with Gasteiger partial charge in [-0.15, -0.1) is 0 Å². The van der Waals surface area contributed by atoms with Crippen LogP contribution < -0.4 is 9.80 Å². The van der Waals surface area contributed by atoms with Gasteiger partial charge in [-0.05, 0) is 76.9 Å². The third kappa shape index (κ3) is 3.79. The molecular formula is C46H36N2O. The van der Waals surface area contributed by atoms with Crippen molar-refractivity contribution < 1.29 is 4.42 Å². The molecule has 1 aromatic heterocycles. The zero-order chi connectivity index (χ0) is 33.1. The topological polar surface area (TPSA) is 19.6 Å². The number of para-hydroxylation sites is 4. The monoisotopic (exact) mass is 632 g/mol. The van der Waals surface area contributed by atoms with E-state index >= 15 is 0 Å². The Balaban J connectivity index is 1.17. The van der Waals surface area contributed by atoms with Crippen LogP contribution in [0.4, 0.5) is 34.1 Å². The van der Waals surface area contributed by atoms with Gasteiger partial charge in [-0.1, -0.05) is 119 Å². The highest BCUT2D eigenvalue weighted by Crippen LogP contribution is 2.54. The summed E-state index contributed by atoms with van der Waals surface area (Å²) in [6.45, 7) is 9.32. The molecule has 2 aliphatic rings. The first-order chi connectivity index (χ1) is 23.8. The van der Waals surface area contributed by atoms with E-state index in [1.54, 1.807) is 0 Å². The number of hydrogen-bond donors (Lipinski definition) is 0. The van der Waals surface area contributed by atoms with E-state index < -0.39 is 0 Å². The molecular weight excluding hydrogens is 597 g/mol. The van der Waals surface area contributed by atoms with E-state index in [0.29, 0.717) is 0 Å². The average Bonchev–Trinajstić information content (AvgIpc) is 3.51. The molecule has 0 saturated carbocycles. The minimum atomic E-state index is -0.108. The Morgan fingerprint density at radius 3 is 1.39 bits per heavy atom. The van der Waals surface area contributed by atoms with E-state index in [1.165, 1.54) is 50.4 Å². The van der Waals surface area contributed by atoms with Crippen LogP contribution in [0, 0.1) is 0 Å². The van der Waals surface area contributed by atoms with Crippen LogP contribution in [-0.4, -0.2) is 0 Å². The Morgan fingerprint density at radius 2 is 0.837 bits per heavy atom. The van der Waals surface area contributed by atoms with Gasteiger partial charge in [-0.25, -0.2) is 0 Å². The zero-order valence-electron chi connectivity index (χ0n) is 28.2. The van der Waals surface area contributed by atoms with Crippen LogP contribution in [0.15, 0.2) is 150 Å². The van der Waals surface area contributed by atoms with Crippen molar-refractivity contribution in [3.63, 3.8) is 0 Å². The predicted octanol–water partition coefficient (Wildman–Crippen LogP) is 13.0. The van der Waals surface area contributed by atoms with Gasteiger partial charge >= 0.3 is 0 Å². The molecule has 3 nitrogen and oxygen atoms in total. The summed E-state index contributed by atoms with van der Waals surface area (Å²) >= 11 is 0. The molecule has 49 heavy (non-hydrogen) atoms. The lowest BCUT2D eigenvalue weighted by atomic mass is 9.73. The zero-order valence-corrected chi connectivity index (χ0v) is 28.2.